The zero-order chi connectivity index (χ0) is 24.2. The number of rotatable bonds is 8. The Hall–Kier alpha value is -2.79. The Morgan fingerprint density at radius 3 is 2.42 bits per heavy atom. The zero-order valence-electron chi connectivity index (χ0n) is 17.4. The van der Waals surface area contributed by atoms with Crippen LogP contribution in [0.5, 0.6) is 0 Å². The monoisotopic (exact) mass is 551 g/mol. The lowest BCUT2D eigenvalue weighted by molar-refractivity contribution is -0.384. The van der Waals surface area contributed by atoms with Crippen molar-refractivity contribution in [2.24, 2.45) is 0 Å². The number of non-ortho nitro benzene ring substituents is 1. The summed E-state index contributed by atoms with van der Waals surface area (Å²) in [6.45, 7) is 1.02. The van der Waals surface area contributed by atoms with Crippen LogP contribution in [0.3, 0.4) is 0 Å². The van der Waals surface area contributed by atoms with E-state index in [-0.39, 0.29) is 22.8 Å². The van der Waals surface area contributed by atoms with Gasteiger partial charge in [-0.1, -0.05) is 51.8 Å². The minimum atomic E-state index is -4.07. The van der Waals surface area contributed by atoms with Gasteiger partial charge in [0.1, 0.15) is 0 Å². The average Bonchev–Trinajstić information content (AvgIpc) is 2.76. The van der Waals surface area contributed by atoms with Crippen molar-refractivity contribution in [1.29, 1.82) is 0 Å². The smallest absolute Gasteiger partial charge is 0.271 e. The van der Waals surface area contributed by atoms with Crippen molar-refractivity contribution >= 4 is 54.8 Å². The average molecular weight is 553 g/mol. The summed E-state index contributed by atoms with van der Waals surface area (Å²) in [6, 6.07) is 16.9. The van der Waals surface area contributed by atoms with Crippen LogP contribution in [0, 0.1) is 17.0 Å². The number of nitrogens with one attached hydrogen (secondary N) is 1. The first-order valence-corrected chi connectivity index (χ1v) is 12.2. The summed E-state index contributed by atoms with van der Waals surface area (Å²) in [6.07, 6.45) is 0. The van der Waals surface area contributed by atoms with Gasteiger partial charge in [-0.3, -0.25) is 14.9 Å². The molecule has 0 bridgehead atoms. The molecule has 0 spiro atoms. The first-order chi connectivity index (χ1) is 15.6. The molecule has 172 valence electrons. The number of benzene rings is 3. The summed E-state index contributed by atoms with van der Waals surface area (Å²) in [5.41, 5.74) is 1.17. The number of hydrogen-bond acceptors (Lipinski definition) is 5. The second kappa shape index (κ2) is 10.4. The Morgan fingerprint density at radius 2 is 1.79 bits per heavy atom. The SMILES string of the molecule is Cc1ccc([N+](=O)[O-])cc1NC(=O)CN(Cc1ccccc1Cl)S(=O)(=O)c1ccc(Br)cc1. The Kier molecular flexibility index (Phi) is 7.85. The molecule has 0 aromatic heterocycles. The third-order valence-corrected chi connectivity index (χ3v) is 7.49. The molecule has 0 aliphatic rings. The van der Waals surface area contributed by atoms with Gasteiger partial charge in [0.05, 0.1) is 22.1 Å². The van der Waals surface area contributed by atoms with Crippen LogP contribution >= 0.6 is 27.5 Å². The van der Waals surface area contributed by atoms with Crippen LogP contribution in [0.25, 0.3) is 0 Å². The first kappa shape index (κ1) is 24.8. The molecular formula is C22H19BrClN3O5S. The number of hydrogen-bond donors (Lipinski definition) is 1. The van der Waals surface area contributed by atoms with Gasteiger partial charge in [-0.15, -0.1) is 0 Å². The fourth-order valence-corrected chi connectivity index (χ4v) is 4.84. The number of nitrogens with zero attached hydrogens (tertiary/aromatic N) is 2. The predicted molar refractivity (Wildman–Crippen MR) is 130 cm³/mol. The van der Waals surface area contributed by atoms with E-state index >= 15 is 0 Å². The summed E-state index contributed by atoms with van der Waals surface area (Å²) < 4.78 is 28.4. The van der Waals surface area contributed by atoms with E-state index in [2.05, 4.69) is 21.2 Å². The van der Waals surface area contributed by atoms with Crippen molar-refractivity contribution in [2.45, 2.75) is 18.4 Å². The van der Waals surface area contributed by atoms with Gasteiger partial charge < -0.3 is 5.32 Å². The molecule has 1 N–H and O–H groups in total. The molecule has 0 fully saturated rings. The molecule has 1 amide bonds. The highest BCUT2D eigenvalue weighted by Crippen LogP contribution is 2.25. The van der Waals surface area contributed by atoms with Gasteiger partial charge in [0.25, 0.3) is 5.69 Å². The highest BCUT2D eigenvalue weighted by atomic mass is 79.9. The third-order valence-electron chi connectivity index (χ3n) is 4.78. The lowest BCUT2D eigenvalue weighted by Gasteiger charge is -2.23. The summed E-state index contributed by atoms with van der Waals surface area (Å²) >= 11 is 9.50. The van der Waals surface area contributed by atoms with Crippen molar-refractivity contribution < 1.29 is 18.1 Å². The molecule has 0 aliphatic carbocycles. The van der Waals surface area contributed by atoms with Gasteiger partial charge in [0, 0.05) is 28.2 Å². The number of aryl methyl sites for hydroxylation is 1. The molecule has 3 rings (SSSR count). The standard InChI is InChI=1S/C22H19BrClN3O5S/c1-15-6-9-18(27(29)30)12-21(15)25-22(28)14-26(13-16-4-2-3-5-20(16)24)33(31,32)19-10-7-17(23)8-11-19/h2-12H,13-14H2,1H3,(H,25,28). The number of nitro groups is 1. The van der Waals surface area contributed by atoms with E-state index in [9.17, 15) is 23.3 Å². The Morgan fingerprint density at radius 1 is 1.12 bits per heavy atom. The van der Waals surface area contributed by atoms with E-state index in [4.69, 9.17) is 11.6 Å². The maximum absolute atomic E-state index is 13.4. The van der Waals surface area contributed by atoms with E-state index < -0.39 is 27.4 Å². The molecule has 3 aromatic carbocycles. The molecule has 0 heterocycles. The van der Waals surface area contributed by atoms with Gasteiger partial charge in [0.15, 0.2) is 0 Å². The second-order valence-corrected chi connectivity index (χ2v) is 10.4. The van der Waals surface area contributed by atoms with Gasteiger partial charge in [-0.25, -0.2) is 8.42 Å². The van der Waals surface area contributed by atoms with Gasteiger partial charge in [0.2, 0.25) is 15.9 Å². The van der Waals surface area contributed by atoms with E-state index in [1.807, 2.05) is 0 Å². The molecule has 0 unspecified atom stereocenters. The Bertz CT molecular complexity index is 1300. The van der Waals surface area contributed by atoms with Crippen LogP contribution < -0.4 is 5.32 Å². The molecule has 33 heavy (non-hydrogen) atoms. The second-order valence-electron chi connectivity index (χ2n) is 7.12. The molecular weight excluding hydrogens is 534 g/mol. The lowest BCUT2D eigenvalue weighted by atomic mass is 10.2. The number of carbonyl (C=O) groups excluding carboxylic acids is 1. The fraction of sp³-hybridized carbons (Fsp3) is 0.136. The summed E-state index contributed by atoms with van der Waals surface area (Å²) in [7, 11) is -4.07. The van der Waals surface area contributed by atoms with Crippen molar-refractivity contribution in [3.8, 4) is 0 Å². The minimum Gasteiger partial charge on any atom is -0.324 e. The molecule has 0 saturated heterocycles. The van der Waals surface area contributed by atoms with Crippen LogP contribution in [0.4, 0.5) is 11.4 Å². The summed E-state index contributed by atoms with van der Waals surface area (Å²) in [4.78, 5) is 23.3. The van der Waals surface area contributed by atoms with E-state index in [1.165, 1.54) is 30.3 Å². The summed E-state index contributed by atoms with van der Waals surface area (Å²) in [5.74, 6) is -0.647. The van der Waals surface area contributed by atoms with Crippen LogP contribution in [0.15, 0.2) is 76.1 Å². The van der Waals surface area contributed by atoms with Gasteiger partial charge >= 0.3 is 0 Å². The number of amides is 1. The van der Waals surface area contributed by atoms with E-state index in [0.29, 0.717) is 20.6 Å². The van der Waals surface area contributed by atoms with Crippen molar-refractivity contribution in [3.63, 3.8) is 0 Å². The third kappa shape index (κ3) is 6.17. The van der Waals surface area contributed by atoms with E-state index in [0.717, 1.165) is 4.31 Å². The first-order valence-electron chi connectivity index (χ1n) is 9.62. The zero-order valence-corrected chi connectivity index (χ0v) is 20.5. The van der Waals surface area contributed by atoms with Crippen LogP contribution in [0.2, 0.25) is 5.02 Å². The normalized spacial score (nSPS) is 11.4. The predicted octanol–water partition coefficient (Wildman–Crippen LogP) is 5.15. The number of carbonyl (C=O) groups is 1. The van der Waals surface area contributed by atoms with Gasteiger partial charge in [-0.05, 0) is 48.4 Å². The number of halogens is 2. The Balaban J connectivity index is 1.92. The lowest BCUT2D eigenvalue weighted by Crippen LogP contribution is -2.37. The maximum atomic E-state index is 13.4. The molecule has 0 atom stereocenters. The highest BCUT2D eigenvalue weighted by Gasteiger charge is 2.28. The summed E-state index contributed by atoms with van der Waals surface area (Å²) in [5, 5.41) is 14.0. The van der Waals surface area contributed by atoms with Gasteiger partial charge in [-0.2, -0.15) is 4.31 Å². The minimum absolute atomic E-state index is 0.0112. The number of nitro benzene ring substituents is 1. The van der Waals surface area contributed by atoms with Crippen molar-refractivity contribution in [1.82, 2.24) is 4.31 Å². The Labute approximate surface area is 204 Å². The quantitative estimate of drug-likeness (QED) is 0.307. The topological polar surface area (TPSA) is 110 Å². The molecule has 0 radical (unpaired) electrons. The molecule has 0 saturated carbocycles. The number of sulfonamides is 1. The maximum Gasteiger partial charge on any atom is 0.271 e. The highest BCUT2D eigenvalue weighted by molar-refractivity contribution is 9.10. The fourth-order valence-electron chi connectivity index (χ4n) is 3.01. The van der Waals surface area contributed by atoms with E-state index in [1.54, 1.807) is 43.3 Å². The molecule has 11 heteroatoms. The van der Waals surface area contributed by atoms with Crippen LogP contribution in [-0.2, 0) is 21.4 Å². The van der Waals surface area contributed by atoms with Crippen molar-refractivity contribution in [3.05, 3.63) is 97.5 Å². The molecule has 3 aromatic rings. The van der Waals surface area contributed by atoms with Crippen LogP contribution in [0.1, 0.15) is 11.1 Å². The largest absolute Gasteiger partial charge is 0.324 e. The van der Waals surface area contributed by atoms with Crippen LogP contribution in [-0.4, -0.2) is 30.1 Å². The molecule has 8 nitrogen and oxygen atoms in total. The number of anilines is 1. The molecule has 0 aliphatic heterocycles. The van der Waals surface area contributed by atoms with Crippen molar-refractivity contribution in [2.75, 3.05) is 11.9 Å².